The number of rotatable bonds is 4. The van der Waals surface area contributed by atoms with Crippen LogP contribution < -0.4 is 0 Å². The number of carbonyl (C=O) groups is 1. The molecule has 0 N–H and O–H groups in total. The van der Waals surface area contributed by atoms with Gasteiger partial charge in [0.1, 0.15) is 0 Å². The first kappa shape index (κ1) is 12.7. The first-order chi connectivity index (χ1) is 7.67. The molecule has 0 atom stereocenters. The predicted octanol–water partition coefficient (Wildman–Crippen LogP) is 2.62. The van der Waals surface area contributed by atoms with Crippen molar-refractivity contribution in [1.29, 1.82) is 5.26 Å². The number of carbonyl (C=O) groups excluding carboxylic acids is 1. The molecule has 1 aromatic carbocycles. The molecule has 0 bridgehead atoms. The van der Waals surface area contributed by atoms with E-state index in [2.05, 4.69) is 26.7 Å². The van der Waals surface area contributed by atoms with Crippen molar-refractivity contribution in [3.8, 4) is 6.07 Å². The molecule has 0 spiro atoms. The molecule has 4 heteroatoms. The fraction of sp³-hybridized carbons (Fsp3) is 0.333. The molecule has 0 saturated carbocycles. The maximum Gasteiger partial charge on any atom is 0.305 e. The summed E-state index contributed by atoms with van der Waals surface area (Å²) in [4.78, 5) is 11.0. The van der Waals surface area contributed by atoms with Crippen LogP contribution in [-0.2, 0) is 22.4 Å². The van der Waals surface area contributed by atoms with Crippen molar-refractivity contribution in [2.75, 3.05) is 7.11 Å². The Kier molecular flexibility index (Phi) is 5.00. The zero-order valence-electron chi connectivity index (χ0n) is 9.00. The summed E-state index contributed by atoms with van der Waals surface area (Å²) in [6, 6.07) is 7.85. The van der Waals surface area contributed by atoms with E-state index in [0.717, 1.165) is 15.6 Å². The van der Waals surface area contributed by atoms with Crippen LogP contribution in [0.2, 0.25) is 0 Å². The topological polar surface area (TPSA) is 50.1 Å². The van der Waals surface area contributed by atoms with Gasteiger partial charge in [0.2, 0.25) is 0 Å². The standard InChI is InChI=1S/C12H12BrNO2/c1-16-12(15)5-3-10-8-11(13)4-2-9(10)6-7-14/h2,4,8H,3,5-6H2,1H3. The third-order valence-electron chi connectivity index (χ3n) is 2.26. The van der Waals surface area contributed by atoms with Crippen molar-refractivity contribution in [3.05, 3.63) is 33.8 Å². The van der Waals surface area contributed by atoms with Crippen LogP contribution in [0.3, 0.4) is 0 Å². The summed E-state index contributed by atoms with van der Waals surface area (Å²) >= 11 is 3.37. The molecule has 0 saturated heterocycles. The van der Waals surface area contributed by atoms with Gasteiger partial charge in [-0.25, -0.2) is 0 Å². The van der Waals surface area contributed by atoms with Crippen LogP contribution in [0, 0.1) is 11.3 Å². The number of hydrogen-bond donors (Lipinski definition) is 0. The molecule has 3 nitrogen and oxygen atoms in total. The maximum atomic E-state index is 11.0. The smallest absolute Gasteiger partial charge is 0.305 e. The van der Waals surface area contributed by atoms with Gasteiger partial charge in [0, 0.05) is 10.9 Å². The summed E-state index contributed by atoms with van der Waals surface area (Å²) in [6.45, 7) is 0. The Bertz CT molecular complexity index is 424. The highest BCUT2D eigenvalue weighted by molar-refractivity contribution is 9.10. The maximum absolute atomic E-state index is 11.0. The average molecular weight is 282 g/mol. The first-order valence-electron chi connectivity index (χ1n) is 4.88. The summed E-state index contributed by atoms with van der Waals surface area (Å²) in [5.41, 5.74) is 1.98. The molecule has 0 amide bonds. The molecule has 0 aliphatic carbocycles. The zero-order valence-corrected chi connectivity index (χ0v) is 10.6. The Morgan fingerprint density at radius 3 is 2.88 bits per heavy atom. The lowest BCUT2D eigenvalue weighted by molar-refractivity contribution is -0.140. The van der Waals surface area contributed by atoms with E-state index < -0.39 is 0 Å². The van der Waals surface area contributed by atoms with Gasteiger partial charge in [-0.15, -0.1) is 0 Å². The highest BCUT2D eigenvalue weighted by atomic mass is 79.9. The molecule has 84 valence electrons. The van der Waals surface area contributed by atoms with E-state index in [0.29, 0.717) is 19.3 Å². The SMILES string of the molecule is COC(=O)CCc1cc(Br)ccc1CC#N. The molecular weight excluding hydrogens is 270 g/mol. The highest BCUT2D eigenvalue weighted by Crippen LogP contribution is 2.18. The van der Waals surface area contributed by atoms with Crippen LogP contribution in [0.25, 0.3) is 0 Å². The minimum Gasteiger partial charge on any atom is -0.469 e. The fourth-order valence-electron chi connectivity index (χ4n) is 1.42. The second-order valence-corrected chi connectivity index (χ2v) is 4.24. The molecule has 0 aromatic heterocycles. The van der Waals surface area contributed by atoms with E-state index in [9.17, 15) is 4.79 Å². The van der Waals surface area contributed by atoms with Crippen LogP contribution in [0.4, 0.5) is 0 Å². The van der Waals surface area contributed by atoms with Gasteiger partial charge in [0.15, 0.2) is 0 Å². The average Bonchev–Trinajstić information content (AvgIpc) is 2.29. The summed E-state index contributed by atoms with van der Waals surface area (Å²) in [6.07, 6.45) is 1.30. The molecule has 0 unspecified atom stereocenters. The summed E-state index contributed by atoms with van der Waals surface area (Å²) in [5, 5.41) is 8.68. The lowest BCUT2D eigenvalue weighted by atomic mass is 10.0. The fourth-order valence-corrected chi connectivity index (χ4v) is 1.83. The van der Waals surface area contributed by atoms with Gasteiger partial charge in [-0.1, -0.05) is 22.0 Å². The van der Waals surface area contributed by atoms with E-state index in [1.54, 1.807) is 0 Å². The molecule has 16 heavy (non-hydrogen) atoms. The summed E-state index contributed by atoms with van der Waals surface area (Å²) in [7, 11) is 1.37. The Morgan fingerprint density at radius 1 is 1.50 bits per heavy atom. The van der Waals surface area contributed by atoms with Crippen LogP contribution in [0.1, 0.15) is 17.5 Å². The normalized spacial score (nSPS) is 9.56. The Hall–Kier alpha value is -1.34. The second-order valence-electron chi connectivity index (χ2n) is 3.32. The highest BCUT2D eigenvalue weighted by Gasteiger charge is 2.06. The Labute approximate surface area is 103 Å². The van der Waals surface area contributed by atoms with E-state index in [4.69, 9.17) is 5.26 Å². The van der Waals surface area contributed by atoms with Crippen LogP contribution >= 0.6 is 15.9 Å². The quantitative estimate of drug-likeness (QED) is 0.798. The van der Waals surface area contributed by atoms with Crippen molar-refractivity contribution >= 4 is 21.9 Å². The molecule has 0 aliphatic rings. The number of nitriles is 1. The number of nitrogens with zero attached hydrogens (tertiary/aromatic N) is 1. The van der Waals surface area contributed by atoms with E-state index in [1.807, 2.05) is 18.2 Å². The van der Waals surface area contributed by atoms with Gasteiger partial charge in [-0.2, -0.15) is 5.26 Å². The molecule has 0 aliphatic heterocycles. The van der Waals surface area contributed by atoms with Crippen molar-refractivity contribution < 1.29 is 9.53 Å². The molecule has 0 fully saturated rings. The van der Waals surface area contributed by atoms with E-state index in [1.165, 1.54) is 7.11 Å². The monoisotopic (exact) mass is 281 g/mol. The van der Waals surface area contributed by atoms with Gasteiger partial charge in [0.05, 0.1) is 19.6 Å². The third-order valence-corrected chi connectivity index (χ3v) is 2.76. The second kappa shape index (κ2) is 6.29. The van der Waals surface area contributed by atoms with Crippen molar-refractivity contribution in [3.63, 3.8) is 0 Å². The molecule has 0 heterocycles. The molecule has 1 rings (SSSR count). The number of esters is 1. The minimum atomic E-state index is -0.233. The third kappa shape index (κ3) is 3.67. The number of halogens is 1. The minimum absolute atomic E-state index is 0.233. The van der Waals surface area contributed by atoms with E-state index >= 15 is 0 Å². The number of aryl methyl sites for hydroxylation is 1. The zero-order chi connectivity index (χ0) is 12.0. The molecule has 0 radical (unpaired) electrons. The van der Waals surface area contributed by atoms with Gasteiger partial charge < -0.3 is 4.74 Å². The van der Waals surface area contributed by atoms with Crippen LogP contribution in [0.5, 0.6) is 0 Å². The largest absolute Gasteiger partial charge is 0.469 e. The van der Waals surface area contributed by atoms with Crippen LogP contribution in [-0.4, -0.2) is 13.1 Å². The lowest BCUT2D eigenvalue weighted by Gasteiger charge is -2.06. The predicted molar refractivity (Wildman–Crippen MR) is 63.8 cm³/mol. The molecule has 1 aromatic rings. The number of ether oxygens (including phenoxy) is 1. The van der Waals surface area contributed by atoms with Gasteiger partial charge in [-0.05, 0) is 29.7 Å². The van der Waals surface area contributed by atoms with Gasteiger partial charge in [0.25, 0.3) is 0 Å². The van der Waals surface area contributed by atoms with Crippen molar-refractivity contribution in [2.24, 2.45) is 0 Å². The number of methoxy groups -OCH3 is 1. The number of benzene rings is 1. The van der Waals surface area contributed by atoms with Crippen LogP contribution in [0.15, 0.2) is 22.7 Å². The van der Waals surface area contributed by atoms with E-state index in [-0.39, 0.29) is 5.97 Å². The van der Waals surface area contributed by atoms with Crippen molar-refractivity contribution in [2.45, 2.75) is 19.3 Å². The molecular formula is C12H12BrNO2. The summed E-state index contributed by atoms with van der Waals surface area (Å²) < 4.78 is 5.54. The Balaban J connectivity index is 2.80. The number of hydrogen-bond acceptors (Lipinski definition) is 3. The first-order valence-corrected chi connectivity index (χ1v) is 5.67. The lowest BCUT2D eigenvalue weighted by Crippen LogP contribution is -2.03. The summed E-state index contributed by atoms with van der Waals surface area (Å²) in [5.74, 6) is -0.233. The van der Waals surface area contributed by atoms with Gasteiger partial charge in [-0.3, -0.25) is 4.79 Å². The van der Waals surface area contributed by atoms with Crippen molar-refractivity contribution in [1.82, 2.24) is 0 Å². The Morgan fingerprint density at radius 2 is 2.25 bits per heavy atom. The van der Waals surface area contributed by atoms with Gasteiger partial charge >= 0.3 is 5.97 Å².